The van der Waals surface area contributed by atoms with E-state index in [2.05, 4.69) is 42.7 Å². The van der Waals surface area contributed by atoms with E-state index >= 15 is 0 Å². The third-order valence-corrected chi connectivity index (χ3v) is 3.46. The summed E-state index contributed by atoms with van der Waals surface area (Å²) >= 11 is 3.39. The predicted molar refractivity (Wildman–Crippen MR) is 80.4 cm³/mol. The summed E-state index contributed by atoms with van der Waals surface area (Å²) in [5.41, 5.74) is 3.15. The summed E-state index contributed by atoms with van der Waals surface area (Å²) in [6.45, 7) is 5.67. The monoisotopic (exact) mass is 320 g/mol. The molecule has 100 valence electrons. The van der Waals surface area contributed by atoms with Crippen LogP contribution in [0.1, 0.15) is 23.9 Å². The summed E-state index contributed by atoms with van der Waals surface area (Å²) in [5.74, 6) is 0.746. The third kappa shape index (κ3) is 3.73. The molecule has 0 atom stereocenters. The van der Waals surface area contributed by atoms with Gasteiger partial charge in [0.25, 0.3) is 0 Å². The smallest absolute Gasteiger partial charge is 0.225 e. The largest absolute Gasteiger partial charge is 0.335 e. The van der Waals surface area contributed by atoms with Gasteiger partial charge in [0.15, 0.2) is 0 Å². The van der Waals surface area contributed by atoms with Crippen LogP contribution in [0.2, 0.25) is 0 Å². The number of hydrogen-bond donors (Lipinski definition) is 0. The SMILES string of the molecule is CCN(Cc1cccc(C)n1)c1ncc(CBr)cn1. The lowest BCUT2D eigenvalue weighted by atomic mass is 10.3. The summed E-state index contributed by atoms with van der Waals surface area (Å²) < 4.78 is 0. The number of nitrogens with zero attached hydrogens (tertiary/aromatic N) is 4. The van der Waals surface area contributed by atoms with E-state index in [1.165, 1.54) is 0 Å². The molecule has 0 aliphatic rings. The maximum Gasteiger partial charge on any atom is 0.225 e. The zero-order valence-electron chi connectivity index (χ0n) is 11.2. The fourth-order valence-corrected chi connectivity index (χ4v) is 2.08. The number of halogens is 1. The van der Waals surface area contributed by atoms with Crippen LogP contribution in [-0.2, 0) is 11.9 Å². The van der Waals surface area contributed by atoms with Gasteiger partial charge in [-0.15, -0.1) is 0 Å². The molecule has 0 saturated carbocycles. The van der Waals surface area contributed by atoms with Crippen LogP contribution >= 0.6 is 15.9 Å². The van der Waals surface area contributed by atoms with Gasteiger partial charge in [-0.3, -0.25) is 4.98 Å². The lowest BCUT2D eigenvalue weighted by Crippen LogP contribution is -2.24. The molecule has 0 aromatic carbocycles. The van der Waals surface area contributed by atoms with Crippen LogP contribution in [0.5, 0.6) is 0 Å². The van der Waals surface area contributed by atoms with Gasteiger partial charge in [-0.1, -0.05) is 22.0 Å². The highest BCUT2D eigenvalue weighted by atomic mass is 79.9. The van der Waals surface area contributed by atoms with Gasteiger partial charge in [0.1, 0.15) is 0 Å². The quantitative estimate of drug-likeness (QED) is 0.794. The second-order valence-electron chi connectivity index (χ2n) is 4.31. The highest BCUT2D eigenvalue weighted by molar-refractivity contribution is 9.08. The second kappa shape index (κ2) is 6.61. The molecule has 0 fully saturated rings. The first-order valence-corrected chi connectivity index (χ1v) is 7.39. The van der Waals surface area contributed by atoms with Crippen molar-refractivity contribution in [1.82, 2.24) is 15.0 Å². The molecule has 5 heteroatoms. The van der Waals surface area contributed by atoms with E-state index in [9.17, 15) is 0 Å². The van der Waals surface area contributed by atoms with Gasteiger partial charge in [-0.25, -0.2) is 9.97 Å². The van der Waals surface area contributed by atoms with Crippen molar-refractivity contribution >= 4 is 21.9 Å². The van der Waals surface area contributed by atoms with Crippen LogP contribution in [0, 0.1) is 6.92 Å². The number of aromatic nitrogens is 3. The number of hydrogen-bond acceptors (Lipinski definition) is 4. The maximum atomic E-state index is 4.52. The van der Waals surface area contributed by atoms with Crippen LogP contribution in [0.3, 0.4) is 0 Å². The van der Waals surface area contributed by atoms with Gasteiger partial charge in [0.05, 0.1) is 12.2 Å². The van der Waals surface area contributed by atoms with Crippen molar-refractivity contribution in [3.05, 3.63) is 47.5 Å². The molecule has 2 aromatic rings. The van der Waals surface area contributed by atoms with Crippen LogP contribution in [0.4, 0.5) is 5.95 Å². The minimum atomic E-state index is 0.728. The average Bonchev–Trinajstić information content (AvgIpc) is 2.45. The Hall–Kier alpha value is -1.49. The number of aryl methyl sites for hydroxylation is 1. The van der Waals surface area contributed by atoms with Crippen LogP contribution < -0.4 is 4.90 Å². The first-order valence-electron chi connectivity index (χ1n) is 6.27. The van der Waals surface area contributed by atoms with Crippen molar-refractivity contribution in [2.75, 3.05) is 11.4 Å². The van der Waals surface area contributed by atoms with Gasteiger partial charge >= 0.3 is 0 Å². The van der Waals surface area contributed by atoms with Crippen LogP contribution in [0.15, 0.2) is 30.6 Å². The molecular weight excluding hydrogens is 304 g/mol. The number of rotatable bonds is 5. The van der Waals surface area contributed by atoms with Gasteiger partial charge in [0, 0.05) is 30.0 Å². The molecule has 0 spiro atoms. The highest BCUT2D eigenvalue weighted by Crippen LogP contribution is 2.12. The van der Waals surface area contributed by atoms with Crippen LogP contribution in [-0.4, -0.2) is 21.5 Å². The summed E-state index contributed by atoms with van der Waals surface area (Å²) in [4.78, 5) is 15.4. The minimum absolute atomic E-state index is 0.728. The molecule has 0 aliphatic carbocycles. The first-order chi connectivity index (χ1) is 9.22. The number of pyridine rings is 1. The van der Waals surface area contributed by atoms with Gasteiger partial charge < -0.3 is 4.90 Å². The molecule has 2 aromatic heterocycles. The minimum Gasteiger partial charge on any atom is -0.335 e. The van der Waals surface area contributed by atoms with E-state index in [1.807, 2.05) is 37.5 Å². The van der Waals surface area contributed by atoms with Gasteiger partial charge in [-0.2, -0.15) is 0 Å². The lowest BCUT2D eigenvalue weighted by Gasteiger charge is -2.20. The third-order valence-electron chi connectivity index (χ3n) is 2.81. The molecule has 0 aliphatic heterocycles. The van der Waals surface area contributed by atoms with Crippen molar-refractivity contribution in [2.45, 2.75) is 25.7 Å². The van der Waals surface area contributed by atoms with E-state index in [0.29, 0.717) is 0 Å². The van der Waals surface area contributed by atoms with Crippen molar-refractivity contribution < 1.29 is 0 Å². The molecule has 0 amide bonds. The summed E-state index contributed by atoms with van der Waals surface area (Å²) in [5, 5.41) is 0.777. The van der Waals surface area contributed by atoms with Gasteiger partial charge in [0.2, 0.25) is 5.95 Å². The lowest BCUT2D eigenvalue weighted by molar-refractivity contribution is 0.770. The van der Waals surface area contributed by atoms with Crippen molar-refractivity contribution in [3.63, 3.8) is 0 Å². The zero-order chi connectivity index (χ0) is 13.7. The van der Waals surface area contributed by atoms with E-state index in [-0.39, 0.29) is 0 Å². The Labute approximate surface area is 122 Å². The maximum absolute atomic E-state index is 4.52. The molecular formula is C14H17BrN4. The zero-order valence-corrected chi connectivity index (χ0v) is 12.8. The van der Waals surface area contributed by atoms with E-state index < -0.39 is 0 Å². The van der Waals surface area contributed by atoms with Crippen LogP contribution in [0.25, 0.3) is 0 Å². The Morgan fingerprint density at radius 2 is 1.95 bits per heavy atom. The summed E-state index contributed by atoms with van der Waals surface area (Å²) in [7, 11) is 0. The molecule has 0 N–H and O–H groups in total. The van der Waals surface area contributed by atoms with E-state index in [1.54, 1.807) is 0 Å². The molecule has 2 heterocycles. The Kier molecular flexibility index (Phi) is 4.85. The molecule has 0 radical (unpaired) electrons. The fourth-order valence-electron chi connectivity index (χ4n) is 1.79. The Morgan fingerprint density at radius 3 is 2.53 bits per heavy atom. The van der Waals surface area contributed by atoms with Crippen molar-refractivity contribution in [1.29, 1.82) is 0 Å². The average molecular weight is 321 g/mol. The molecule has 0 saturated heterocycles. The Balaban J connectivity index is 2.15. The van der Waals surface area contributed by atoms with Crippen molar-refractivity contribution in [3.8, 4) is 0 Å². The normalized spacial score (nSPS) is 10.5. The topological polar surface area (TPSA) is 41.9 Å². The first kappa shape index (κ1) is 13.9. The number of alkyl halides is 1. The molecule has 4 nitrogen and oxygen atoms in total. The van der Waals surface area contributed by atoms with Gasteiger partial charge in [-0.05, 0) is 31.5 Å². The Bertz CT molecular complexity index is 527. The molecule has 19 heavy (non-hydrogen) atoms. The predicted octanol–water partition coefficient (Wildman–Crippen LogP) is 3.10. The highest BCUT2D eigenvalue weighted by Gasteiger charge is 2.09. The number of anilines is 1. The van der Waals surface area contributed by atoms with E-state index in [4.69, 9.17) is 0 Å². The summed E-state index contributed by atoms with van der Waals surface area (Å²) in [6.07, 6.45) is 3.70. The summed E-state index contributed by atoms with van der Waals surface area (Å²) in [6, 6.07) is 6.06. The standard InChI is InChI=1S/C14H17BrN4/c1-3-19(10-13-6-4-5-11(2)18-13)14-16-8-12(7-15)9-17-14/h4-6,8-9H,3,7,10H2,1-2H3. The Morgan fingerprint density at radius 1 is 1.21 bits per heavy atom. The fraction of sp³-hybridized carbons (Fsp3) is 0.357. The molecule has 0 unspecified atom stereocenters. The van der Waals surface area contributed by atoms with Crippen molar-refractivity contribution in [2.24, 2.45) is 0 Å². The molecule has 0 bridgehead atoms. The molecule has 2 rings (SSSR count). The second-order valence-corrected chi connectivity index (χ2v) is 4.87. The van der Waals surface area contributed by atoms with E-state index in [0.717, 1.165) is 41.3 Å².